The Hall–Kier alpha value is -1.66. The molecule has 0 spiro atoms. The number of rotatable bonds is 3. The lowest BCUT2D eigenvalue weighted by Crippen LogP contribution is -1.94. The molecule has 0 aliphatic carbocycles. The minimum Gasteiger partial charge on any atom is -0.457 e. The van der Waals surface area contributed by atoms with Crippen molar-refractivity contribution in [1.29, 1.82) is 0 Å². The van der Waals surface area contributed by atoms with Crippen molar-refractivity contribution in [1.82, 2.24) is 4.98 Å². The highest BCUT2D eigenvalue weighted by atomic mass is 127. The van der Waals surface area contributed by atoms with E-state index in [-0.39, 0.29) is 6.61 Å². The number of hydrogen-bond donors (Lipinski definition) is 1. The Morgan fingerprint density at radius 1 is 1.05 bits per heavy atom. The van der Waals surface area contributed by atoms with Crippen LogP contribution in [0, 0.1) is 3.57 Å². The van der Waals surface area contributed by atoms with E-state index in [2.05, 4.69) is 27.6 Å². The second kappa shape index (κ2) is 5.76. The first-order chi connectivity index (χ1) is 9.76. The van der Waals surface area contributed by atoms with E-state index >= 15 is 0 Å². The number of halogens is 1. The molecular formula is C16H12INO2. The molecule has 1 N–H and O–H groups in total. The molecule has 0 unspecified atom stereocenters. The predicted octanol–water partition coefficient (Wildman–Crippen LogP) is 4.12. The van der Waals surface area contributed by atoms with Crippen molar-refractivity contribution in [2.75, 3.05) is 0 Å². The Balaban J connectivity index is 2.07. The maximum Gasteiger partial charge on any atom is 0.138 e. The number of pyridine rings is 1. The highest BCUT2D eigenvalue weighted by Gasteiger charge is 2.07. The fraction of sp³-hybridized carbons (Fsp3) is 0.0625. The van der Waals surface area contributed by atoms with Gasteiger partial charge in [0, 0.05) is 15.0 Å². The van der Waals surface area contributed by atoms with Gasteiger partial charge in [-0.3, -0.25) is 4.98 Å². The first kappa shape index (κ1) is 13.3. The van der Waals surface area contributed by atoms with Crippen molar-refractivity contribution >= 4 is 33.5 Å². The van der Waals surface area contributed by atoms with Crippen molar-refractivity contribution in [3.8, 4) is 11.5 Å². The van der Waals surface area contributed by atoms with Crippen LogP contribution in [0.25, 0.3) is 10.9 Å². The summed E-state index contributed by atoms with van der Waals surface area (Å²) in [4.78, 5) is 4.38. The number of hydrogen-bond acceptors (Lipinski definition) is 3. The van der Waals surface area contributed by atoms with E-state index < -0.39 is 0 Å². The van der Waals surface area contributed by atoms with Crippen molar-refractivity contribution in [3.63, 3.8) is 0 Å². The maximum atomic E-state index is 9.30. The number of aliphatic hydroxyl groups excluding tert-OH is 1. The largest absolute Gasteiger partial charge is 0.457 e. The SMILES string of the molecule is OCc1cc(Oc2ccc(I)cc2)c2ccccc2n1. The van der Waals surface area contributed by atoms with Crippen LogP contribution in [0.1, 0.15) is 5.69 Å². The van der Waals surface area contributed by atoms with Gasteiger partial charge in [-0.25, -0.2) is 0 Å². The molecular weight excluding hydrogens is 365 g/mol. The Kier molecular flexibility index (Phi) is 3.84. The van der Waals surface area contributed by atoms with Gasteiger partial charge in [-0.1, -0.05) is 12.1 Å². The Labute approximate surface area is 130 Å². The van der Waals surface area contributed by atoms with Crippen LogP contribution in [0.3, 0.4) is 0 Å². The lowest BCUT2D eigenvalue weighted by molar-refractivity contribution is 0.277. The summed E-state index contributed by atoms with van der Waals surface area (Å²) in [5.41, 5.74) is 1.42. The van der Waals surface area contributed by atoms with Crippen LogP contribution in [0.2, 0.25) is 0 Å². The molecule has 3 nitrogen and oxygen atoms in total. The van der Waals surface area contributed by atoms with Gasteiger partial charge in [0.1, 0.15) is 11.5 Å². The van der Waals surface area contributed by atoms with E-state index in [9.17, 15) is 5.11 Å². The summed E-state index contributed by atoms with van der Waals surface area (Å²) in [5.74, 6) is 1.48. The van der Waals surface area contributed by atoms with Crippen LogP contribution < -0.4 is 4.74 Å². The Bertz CT molecular complexity index is 741. The van der Waals surface area contributed by atoms with Crippen LogP contribution >= 0.6 is 22.6 Å². The van der Waals surface area contributed by atoms with E-state index in [1.165, 1.54) is 0 Å². The molecule has 0 radical (unpaired) electrons. The monoisotopic (exact) mass is 377 g/mol. The highest BCUT2D eigenvalue weighted by molar-refractivity contribution is 14.1. The minimum atomic E-state index is -0.103. The quantitative estimate of drug-likeness (QED) is 0.699. The van der Waals surface area contributed by atoms with Crippen molar-refractivity contribution in [2.45, 2.75) is 6.61 Å². The maximum absolute atomic E-state index is 9.30. The van der Waals surface area contributed by atoms with Gasteiger partial charge in [0.15, 0.2) is 0 Å². The van der Waals surface area contributed by atoms with Crippen molar-refractivity contribution in [3.05, 3.63) is 63.9 Å². The van der Waals surface area contributed by atoms with Crippen molar-refractivity contribution in [2.24, 2.45) is 0 Å². The Morgan fingerprint density at radius 3 is 2.55 bits per heavy atom. The standard InChI is InChI=1S/C16H12INO2/c17-11-5-7-13(8-6-11)20-16-9-12(10-19)18-15-4-2-1-3-14(15)16/h1-9,19H,10H2. The molecule has 0 fully saturated rings. The number of para-hydroxylation sites is 1. The van der Waals surface area contributed by atoms with Gasteiger partial charge < -0.3 is 9.84 Å². The summed E-state index contributed by atoms with van der Waals surface area (Å²) in [7, 11) is 0. The lowest BCUT2D eigenvalue weighted by Gasteiger charge is -2.10. The molecule has 4 heteroatoms. The third kappa shape index (κ3) is 2.76. The molecule has 0 aliphatic rings. The van der Waals surface area contributed by atoms with E-state index in [4.69, 9.17) is 4.74 Å². The highest BCUT2D eigenvalue weighted by Crippen LogP contribution is 2.30. The van der Waals surface area contributed by atoms with Gasteiger partial charge in [0.25, 0.3) is 0 Å². The van der Waals surface area contributed by atoms with Gasteiger partial charge in [0.2, 0.25) is 0 Å². The first-order valence-electron chi connectivity index (χ1n) is 6.19. The van der Waals surface area contributed by atoms with Crippen molar-refractivity contribution < 1.29 is 9.84 Å². The molecule has 0 atom stereocenters. The molecule has 1 aromatic heterocycles. The molecule has 0 saturated heterocycles. The zero-order valence-electron chi connectivity index (χ0n) is 10.6. The molecule has 20 heavy (non-hydrogen) atoms. The molecule has 3 aromatic rings. The minimum absolute atomic E-state index is 0.103. The van der Waals surface area contributed by atoms with Gasteiger partial charge in [-0.2, -0.15) is 0 Å². The molecule has 0 bridgehead atoms. The predicted molar refractivity (Wildman–Crippen MR) is 86.9 cm³/mol. The third-order valence-electron chi connectivity index (χ3n) is 2.93. The third-order valence-corrected chi connectivity index (χ3v) is 3.65. The average molecular weight is 377 g/mol. The molecule has 100 valence electrons. The fourth-order valence-corrected chi connectivity index (χ4v) is 2.35. The van der Waals surface area contributed by atoms with E-state index in [0.29, 0.717) is 11.4 Å². The molecule has 2 aromatic carbocycles. The lowest BCUT2D eigenvalue weighted by atomic mass is 10.2. The van der Waals surface area contributed by atoms with Crippen LogP contribution in [0.5, 0.6) is 11.5 Å². The smallest absolute Gasteiger partial charge is 0.138 e. The van der Waals surface area contributed by atoms with Crippen LogP contribution in [0.15, 0.2) is 54.6 Å². The zero-order valence-corrected chi connectivity index (χ0v) is 12.7. The summed E-state index contributed by atoms with van der Waals surface area (Å²) >= 11 is 2.25. The molecule has 0 aliphatic heterocycles. The number of fused-ring (bicyclic) bond motifs is 1. The summed E-state index contributed by atoms with van der Waals surface area (Å²) in [5, 5.41) is 10.2. The topological polar surface area (TPSA) is 42.4 Å². The van der Waals surface area contributed by atoms with Gasteiger partial charge in [-0.15, -0.1) is 0 Å². The fourth-order valence-electron chi connectivity index (χ4n) is 1.99. The van der Waals surface area contributed by atoms with Gasteiger partial charge >= 0.3 is 0 Å². The van der Waals surface area contributed by atoms with Crippen LogP contribution in [0.4, 0.5) is 0 Å². The first-order valence-corrected chi connectivity index (χ1v) is 7.27. The second-order valence-corrected chi connectivity index (χ2v) is 5.59. The van der Waals surface area contributed by atoms with Gasteiger partial charge in [0.05, 0.1) is 17.8 Å². The molecule has 1 heterocycles. The summed E-state index contributed by atoms with van der Waals surface area (Å²) in [6.07, 6.45) is 0. The van der Waals surface area contributed by atoms with Gasteiger partial charge in [-0.05, 0) is 59.0 Å². The van der Waals surface area contributed by atoms with Crippen LogP contribution in [-0.2, 0) is 6.61 Å². The summed E-state index contributed by atoms with van der Waals surface area (Å²) in [6, 6.07) is 17.4. The number of benzene rings is 2. The van der Waals surface area contributed by atoms with Crippen LogP contribution in [-0.4, -0.2) is 10.1 Å². The second-order valence-electron chi connectivity index (χ2n) is 4.34. The average Bonchev–Trinajstić information content (AvgIpc) is 2.49. The number of ether oxygens (including phenoxy) is 1. The number of aliphatic hydroxyl groups is 1. The van der Waals surface area contributed by atoms with E-state index in [1.807, 2.05) is 48.5 Å². The summed E-state index contributed by atoms with van der Waals surface area (Å²) < 4.78 is 7.09. The zero-order chi connectivity index (χ0) is 13.9. The molecule has 3 rings (SSSR count). The molecule has 0 saturated carbocycles. The molecule has 0 amide bonds. The normalized spacial score (nSPS) is 10.7. The number of nitrogens with zero attached hydrogens (tertiary/aromatic N) is 1. The van der Waals surface area contributed by atoms with E-state index in [1.54, 1.807) is 6.07 Å². The summed E-state index contributed by atoms with van der Waals surface area (Å²) in [6.45, 7) is -0.103. The number of aromatic nitrogens is 1. The Morgan fingerprint density at radius 2 is 1.80 bits per heavy atom. The van der Waals surface area contributed by atoms with E-state index in [0.717, 1.165) is 20.2 Å².